The van der Waals surface area contributed by atoms with Gasteiger partial charge < -0.3 is 20.1 Å². The molecule has 1 aromatic heterocycles. The Morgan fingerprint density at radius 1 is 1.37 bits per heavy atom. The highest BCUT2D eigenvalue weighted by atomic mass is 19.1. The predicted molar refractivity (Wildman–Crippen MR) is 104 cm³/mol. The van der Waals surface area contributed by atoms with Gasteiger partial charge in [-0.1, -0.05) is 0 Å². The molecule has 0 saturated carbocycles. The van der Waals surface area contributed by atoms with Crippen molar-refractivity contribution in [2.24, 2.45) is 5.92 Å². The average molecular weight is 414 g/mol. The molecule has 2 aromatic rings. The molecule has 1 aromatic carbocycles. The molecule has 1 saturated heterocycles. The highest BCUT2D eigenvalue weighted by Crippen LogP contribution is 2.34. The Labute approximate surface area is 171 Å². The number of carbonyl (C=O) groups is 1. The van der Waals surface area contributed by atoms with Gasteiger partial charge in [0.25, 0.3) is 0 Å². The molecule has 7 nitrogen and oxygen atoms in total. The molecule has 2 N–H and O–H groups in total. The Morgan fingerprint density at radius 3 is 2.97 bits per heavy atom. The fourth-order valence-corrected chi connectivity index (χ4v) is 3.89. The van der Waals surface area contributed by atoms with E-state index in [4.69, 9.17) is 4.74 Å². The van der Waals surface area contributed by atoms with E-state index in [1.165, 1.54) is 12.1 Å². The van der Waals surface area contributed by atoms with Crippen LogP contribution in [0.4, 0.5) is 20.3 Å². The lowest BCUT2D eigenvalue weighted by Crippen LogP contribution is -2.46. The van der Waals surface area contributed by atoms with Crippen LogP contribution in [0.1, 0.15) is 24.0 Å². The fraction of sp³-hybridized carbons (Fsp3) is 0.381. The third kappa shape index (κ3) is 3.91. The van der Waals surface area contributed by atoms with Crippen LogP contribution in [0.15, 0.2) is 24.4 Å². The maximum Gasteiger partial charge on any atom is 0.224 e. The van der Waals surface area contributed by atoms with Crippen molar-refractivity contribution in [1.29, 1.82) is 5.26 Å². The van der Waals surface area contributed by atoms with Crippen LogP contribution in [-0.2, 0) is 11.2 Å². The first-order chi connectivity index (χ1) is 14.5. The van der Waals surface area contributed by atoms with Gasteiger partial charge in [0.1, 0.15) is 29.3 Å². The summed E-state index contributed by atoms with van der Waals surface area (Å²) >= 11 is 0. The summed E-state index contributed by atoms with van der Waals surface area (Å²) < 4.78 is 33.2. The zero-order valence-electron chi connectivity index (χ0n) is 16.1. The van der Waals surface area contributed by atoms with Crippen LogP contribution in [0.25, 0.3) is 0 Å². The number of rotatable bonds is 4. The summed E-state index contributed by atoms with van der Waals surface area (Å²) in [6.07, 6.45) is 1.54. The van der Waals surface area contributed by atoms with E-state index in [1.807, 2.05) is 6.07 Å². The molecule has 3 heterocycles. The summed E-state index contributed by atoms with van der Waals surface area (Å²) in [5.74, 6) is -0.649. The molecule has 0 radical (unpaired) electrons. The van der Waals surface area contributed by atoms with E-state index in [9.17, 15) is 23.9 Å². The van der Waals surface area contributed by atoms with Crippen molar-refractivity contribution in [3.8, 4) is 11.8 Å². The highest BCUT2D eigenvalue weighted by molar-refractivity contribution is 5.94. The fourth-order valence-electron chi connectivity index (χ4n) is 3.89. The molecule has 156 valence electrons. The number of hydrogen-bond acceptors (Lipinski definition) is 6. The number of anilines is 2. The molecule has 2 aliphatic rings. The number of aromatic nitrogens is 1. The van der Waals surface area contributed by atoms with Crippen LogP contribution in [0.3, 0.4) is 0 Å². The normalized spacial score (nSPS) is 20.9. The van der Waals surface area contributed by atoms with Crippen molar-refractivity contribution in [3.63, 3.8) is 0 Å². The number of ether oxygens (including phenoxy) is 1. The van der Waals surface area contributed by atoms with Gasteiger partial charge in [-0.2, -0.15) is 5.26 Å². The van der Waals surface area contributed by atoms with Crippen molar-refractivity contribution >= 4 is 17.4 Å². The van der Waals surface area contributed by atoms with E-state index in [0.717, 1.165) is 12.3 Å². The van der Waals surface area contributed by atoms with E-state index < -0.39 is 17.7 Å². The van der Waals surface area contributed by atoms with Gasteiger partial charge in [-0.3, -0.25) is 4.79 Å². The molecular formula is C21H20F2N4O3. The second kappa shape index (κ2) is 8.24. The molecule has 4 rings (SSSR count). The first-order valence-corrected chi connectivity index (χ1v) is 9.69. The third-order valence-corrected chi connectivity index (χ3v) is 5.51. The van der Waals surface area contributed by atoms with Gasteiger partial charge in [0.15, 0.2) is 0 Å². The van der Waals surface area contributed by atoms with Crippen molar-refractivity contribution < 1.29 is 23.4 Å². The lowest BCUT2D eigenvalue weighted by atomic mass is 9.94. The van der Waals surface area contributed by atoms with Crippen molar-refractivity contribution in [2.75, 3.05) is 29.9 Å². The summed E-state index contributed by atoms with van der Waals surface area (Å²) in [5, 5.41) is 22.4. The van der Waals surface area contributed by atoms with Crippen LogP contribution < -0.4 is 15.0 Å². The first-order valence-electron chi connectivity index (χ1n) is 9.69. The summed E-state index contributed by atoms with van der Waals surface area (Å²) in [6, 6.07) is 5.85. The number of carbonyl (C=O) groups excluding carboxylic acids is 1. The lowest BCUT2D eigenvalue weighted by Gasteiger charge is -2.36. The number of β-amino-alcohol motifs (C(OH)–C–C–N with tert-alkyl or cyclic N) is 1. The minimum absolute atomic E-state index is 0.122. The standard InChI is InChI=1S/C21H20F2N4O3/c22-14-7-13(8-24)21(25-9-14)27-6-5-12(17(28)10-27)11-30-18-3-2-16(23)20-15(18)1-4-19(29)26-20/h2-3,7,9,12,17,28H,1,4-6,10-11H2,(H,26,29). The van der Waals surface area contributed by atoms with Crippen LogP contribution in [-0.4, -0.2) is 41.8 Å². The zero-order valence-corrected chi connectivity index (χ0v) is 16.1. The molecule has 9 heteroatoms. The predicted octanol–water partition coefficient (Wildman–Crippen LogP) is 2.38. The van der Waals surface area contributed by atoms with E-state index in [-0.39, 0.29) is 42.6 Å². The zero-order chi connectivity index (χ0) is 21.3. The molecule has 1 amide bonds. The Hall–Kier alpha value is -3.25. The quantitative estimate of drug-likeness (QED) is 0.797. The topological polar surface area (TPSA) is 98.5 Å². The number of piperidine rings is 1. The number of nitrogens with zero attached hydrogens (tertiary/aromatic N) is 3. The molecule has 1 fully saturated rings. The van der Waals surface area contributed by atoms with Crippen molar-refractivity contribution in [3.05, 3.63) is 47.2 Å². The van der Waals surface area contributed by atoms with Gasteiger partial charge in [0, 0.05) is 31.0 Å². The molecule has 30 heavy (non-hydrogen) atoms. The molecule has 0 bridgehead atoms. The van der Waals surface area contributed by atoms with E-state index in [1.54, 1.807) is 4.90 Å². The Bertz CT molecular complexity index is 1020. The summed E-state index contributed by atoms with van der Waals surface area (Å²) in [7, 11) is 0. The minimum Gasteiger partial charge on any atom is -0.493 e. The maximum atomic E-state index is 14.0. The van der Waals surface area contributed by atoms with E-state index in [0.29, 0.717) is 36.5 Å². The molecule has 2 unspecified atom stereocenters. The van der Waals surface area contributed by atoms with Gasteiger partial charge in [0.2, 0.25) is 5.91 Å². The van der Waals surface area contributed by atoms with Crippen LogP contribution in [0.5, 0.6) is 5.75 Å². The van der Waals surface area contributed by atoms with Crippen LogP contribution >= 0.6 is 0 Å². The second-order valence-electron chi connectivity index (χ2n) is 7.46. The monoisotopic (exact) mass is 414 g/mol. The van der Waals surface area contributed by atoms with Crippen molar-refractivity contribution in [1.82, 2.24) is 4.98 Å². The number of aliphatic hydroxyl groups is 1. The molecular weight excluding hydrogens is 394 g/mol. The number of aliphatic hydroxyl groups excluding tert-OH is 1. The van der Waals surface area contributed by atoms with E-state index in [2.05, 4.69) is 10.3 Å². The van der Waals surface area contributed by atoms with Crippen LogP contribution in [0.2, 0.25) is 0 Å². The van der Waals surface area contributed by atoms with Crippen molar-refractivity contribution in [2.45, 2.75) is 25.4 Å². The number of benzene rings is 1. The number of amides is 1. The largest absolute Gasteiger partial charge is 0.493 e. The number of pyridine rings is 1. The molecule has 2 atom stereocenters. The SMILES string of the molecule is N#Cc1cc(F)cnc1N1CCC(COc2ccc(F)c3c2CCC(=O)N3)C(O)C1. The number of nitriles is 1. The number of hydrogen-bond donors (Lipinski definition) is 2. The summed E-state index contributed by atoms with van der Waals surface area (Å²) in [4.78, 5) is 17.3. The van der Waals surface area contributed by atoms with Crippen LogP contribution in [0, 0.1) is 28.9 Å². The molecule has 0 spiro atoms. The minimum atomic E-state index is -0.742. The van der Waals surface area contributed by atoms with E-state index >= 15 is 0 Å². The lowest BCUT2D eigenvalue weighted by molar-refractivity contribution is -0.116. The highest BCUT2D eigenvalue weighted by Gasteiger charge is 2.31. The van der Waals surface area contributed by atoms with Gasteiger partial charge in [-0.05, 0) is 31.0 Å². The number of fused-ring (bicyclic) bond motifs is 1. The smallest absolute Gasteiger partial charge is 0.224 e. The Balaban J connectivity index is 1.42. The average Bonchev–Trinajstić information content (AvgIpc) is 2.74. The number of nitrogens with one attached hydrogen (secondary N) is 1. The summed E-state index contributed by atoms with van der Waals surface area (Å²) in [6.45, 7) is 0.984. The summed E-state index contributed by atoms with van der Waals surface area (Å²) in [5.41, 5.74) is 0.901. The third-order valence-electron chi connectivity index (χ3n) is 5.51. The van der Waals surface area contributed by atoms with Gasteiger partial charge >= 0.3 is 0 Å². The Morgan fingerprint density at radius 2 is 2.20 bits per heavy atom. The number of halogens is 2. The molecule has 2 aliphatic heterocycles. The molecule has 0 aliphatic carbocycles. The van der Waals surface area contributed by atoms with Gasteiger partial charge in [0.05, 0.1) is 30.2 Å². The maximum absolute atomic E-state index is 14.0. The van der Waals surface area contributed by atoms with Gasteiger partial charge in [-0.15, -0.1) is 0 Å². The Kier molecular flexibility index (Phi) is 5.50. The second-order valence-corrected chi connectivity index (χ2v) is 7.46. The first kappa shape index (κ1) is 20.0. The van der Waals surface area contributed by atoms with Gasteiger partial charge in [-0.25, -0.2) is 13.8 Å².